The molecule has 0 bridgehead atoms. The number of hydrogen-bond donors (Lipinski definition) is 2. The molecule has 4 atom stereocenters. The number of fused-ring (bicyclic) bond motifs is 1. The minimum Gasteiger partial charge on any atom is -0.481 e. The molecule has 0 spiro atoms. The summed E-state index contributed by atoms with van der Waals surface area (Å²) in [5.74, 6) is -1.90. The lowest BCUT2D eigenvalue weighted by Crippen LogP contribution is -2.28. The Balaban J connectivity index is 1.83. The van der Waals surface area contributed by atoms with E-state index < -0.39 is 17.9 Å². The normalized spacial score (nSPS) is 32.6. The SMILES string of the molecule is O=C(O)CCCC(C(=O)O)C1CCC2OC2C1. The summed E-state index contributed by atoms with van der Waals surface area (Å²) >= 11 is 0. The van der Waals surface area contributed by atoms with Gasteiger partial charge in [0, 0.05) is 6.42 Å². The van der Waals surface area contributed by atoms with Crippen molar-refractivity contribution in [2.45, 2.75) is 50.7 Å². The average molecular weight is 242 g/mol. The van der Waals surface area contributed by atoms with E-state index in [1.807, 2.05) is 0 Å². The highest BCUT2D eigenvalue weighted by Gasteiger charge is 2.46. The first kappa shape index (κ1) is 12.4. The Morgan fingerprint density at radius 3 is 2.59 bits per heavy atom. The van der Waals surface area contributed by atoms with E-state index in [-0.39, 0.29) is 18.4 Å². The molecule has 2 N–H and O–H groups in total. The van der Waals surface area contributed by atoms with Crippen molar-refractivity contribution < 1.29 is 24.5 Å². The maximum atomic E-state index is 11.2. The van der Waals surface area contributed by atoms with Crippen LogP contribution in [-0.2, 0) is 14.3 Å². The van der Waals surface area contributed by atoms with Gasteiger partial charge in [-0.15, -0.1) is 0 Å². The van der Waals surface area contributed by atoms with Crippen molar-refractivity contribution in [3.05, 3.63) is 0 Å². The molecule has 0 amide bonds. The van der Waals surface area contributed by atoms with Gasteiger partial charge in [0.25, 0.3) is 0 Å². The minimum absolute atomic E-state index is 0.0546. The van der Waals surface area contributed by atoms with Crippen molar-refractivity contribution >= 4 is 11.9 Å². The third kappa shape index (κ3) is 3.19. The Morgan fingerprint density at radius 1 is 1.24 bits per heavy atom. The summed E-state index contributed by atoms with van der Waals surface area (Å²) in [5, 5.41) is 17.8. The largest absolute Gasteiger partial charge is 0.481 e. The monoisotopic (exact) mass is 242 g/mol. The van der Waals surface area contributed by atoms with Gasteiger partial charge in [-0.05, 0) is 38.0 Å². The lowest BCUT2D eigenvalue weighted by atomic mass is 9.78. The predicted octanol–water partition coefficient (Wildman–Crippen LogP) is 1.51. The number of epoxide rings is 1. The summed E-state index contributed by atoms with van der Waals surface area (Å²) in [4.78, 5) is 21.6. The fraction of sp³-hybridized carbons (Fsp3) is 0.833. The molecule has 17 heavy (non-hydrogen) atoms. The first-order valence-electron chi connectivity index (χ1n) is 6.18. The van der Waals surface area contributed by atoms with Gasteiger partial charge in [0.15, 0.2) is 0 Å². The van der Waals surface area contributed by atoms with Crippen molar-refractivity contribution in [3.8, 4) is 0 Å². The van der Waals surface area contributed by atoms with Crippen molar-refractivity contribution in [1.29, 1.82) is 0 Å². The molecule has 1 heterocycles. The summed E-state index contributed by atoms with van der Waals surface area (Å²) in [6.07, 6.45) is 4.29. The molecule has 5 nitrogen and oxygen atoms in total. The van der Waals surface area contributed by atoms with Gasteiger partial charge in [0.1, 0.15) is 0 Å². The van der Waals surface area contributed by atoms with Gasteiger partial charge < -0.3 is 14.9 Å². The molecule has 1 aliphatic carbocycles. The molecule has 0 aromatic rings. The van der Waals surface area contributed by atoms with E-state index in [1.165, 1.54) is 0 Å². The zero-order chi connectivity index (χ0) is 12.4. The number of carboxylic acid groups (broad SMARTS) is 2. The molecule has 0 aromatic heterocycles. The number of hydrogen-bond acceptors (Lipinski definition) is 3. The van der Waals surface area contributed by atoms with Crippen LogP contribution in [0.1, 0.15) is 38.5 Å². The second kappa shape index (κ2) is 5.04. The van der Waals surface area contributed by atoms with Crippen molar-refractivity contribution in [1.82, 2.24) is 0 Å². The summed E-state index contributed by atoms with van der Waals surface area (Å²) in [6, 6.07) is 0. The first-order valence-corrected chi connectivity index (χ1v) is 6.18. The van der Waals surface area contributed by atoms with Crippen LogP contribution in [0, 0.1) is 11.8 Å². The molecule has 1 saturated carbocycles. The van der Waals surface area contributed by atoms with Crippen LogP contribution in [0.25, 0.3) is 0 Å². The van der Waals surface area contributed by atoms with E-state index in [4.69, 9.17) is 9.84 Å². The van der Waals surface area contributed by atoms with Crippen molar-refractivity contribution in [2.24, 2.45) is 11.8 Å². The molecule has 0 aromatic carbocycles. The molecule has 5 heteroatoms. The van der Waals surface area contributed by atoms with Gasteiger partial charge in [-0.2, -0.15) is 0 Å². The maximum Gasteiger partial charge on any atom is 0.306 e. The van der Waals surface area contributed by atoms with E-state index in [9.17, 15) is 14.7 Å². The fourth-order valence-corrected chi connectivity index (χ4v) is 2.83. The Hall–Kier alpha value is -1.10. The lowest BCUT2D eigenvalue weighted by molar-refractivity contribution is -0.145. The highest BCUT2D eigenvalue weighted by Crippen LogP contribution is 2.43. The van der Waals surface area contributed by atoms with E-state index >= 15 is 0 Å². The molecule has 0 radical (unpaired) electrons. The number of ether oxygens (including phenoxy) is 1. The van der Waals surface area contributed by atoms with Crippen LogP contribution in [-0.4, -0.2) is 34.4 Å². The van der Waals surface area contributed by atoms with E-state index in [2.05, 4.69) is 0 Å². The number of rotatable bonds is 6. The van der Waals surface area contributed by atoms with Crippen LogP contribution in [0.2, 0.25) is 0 Å². The Kier molecular flexibility index (Phi) is 3.66. The Labute approximate surface area is 99.8 Å². The quantitative estimate of drug-likeness (QED) is 0.689. The minimum atomic E-state index is -0.858. The van der Waals surface area contributed by atoms with Crippen molar-refractivity contribution in [2.75, 3.05) is 0 Å². The molecule has 2 aliphatic rings. The smallest absolute Gasteiger partial charge is 0.306 e. The zero-order valence-corrected chi connectivity index (χ0v) is 9.67. The van der Waals surface area contributed by atoms with Gasteiger partial charge in [0.2, 0.25) is 0 Å². The molecule has 1 saturated heterocycles. The molecule has 2 rings (SSSR count). The molecule has 2 fully saturated rings. The Morgan fingerprint density at radius 2 is 2.00 bits per heavy atom. The number of carboxylic acids is 2. The molecular formula is C12H18O5. The van der Waals surface area contributed by atoms with Gasteiger partial charge in [0.05, 0.1) is 18.1 Å². The van der Waals surface area contributed by atoms with Gasteiger partial charge >= 0.3 is 11.9 Å². The summed E-state index contributed by atoms with van der Waals surface area (Å²) in [5.41, 5.74) is 0. The topological polar surface area (TPSA) is 87.1 Å². The highest BCUT2D eigenvalue weighted by molar-refractivity contribution is 5.70. The van der Waals surface area contributed by atoms with Gasteiger partial charge in [-0.1, -0.05) is 0 Å². The Bertz CT molecular complexity index is 314. The lowest BCUT2D eigenvalue weighted by Gasteiger charge is -2.25. The molecule has 96 valence electrons. The van der Waals surface area contributed by atoms with E-state index in [0.29, 0.717) is 18.9 Å². The molecule has 1 aliphatic heterocycles. The second-order valence-electron chi connectivity index (χ2n) is 5.02. The predicted molar refractivity (Wildman–Crippen MR) is 58.6 cm³/mol. The van der Waals surface area contributed by atoms with Crippen LogP contribution in [0.5, 0.6) is 0 Å². The van der Waals surface area contributed by atoms with Crippen LogP contribution in [0.15, 0.2) is 0 Å². The number of aliphatic carboxylic acids is 2. The van der Waals surface area contributed by atoms with Crippen LogP contribution in [0.3, 0.4) is 0 Å². The maximum absolute atomic E-state index is 11.2. The van der Waals surface area contributed by atoms with E-state index in [0.717, 1.165) is 19.3 Å². The van der Waals surface area contributed by atoms with Crippen LogP contribution >= 0.6 is 0 Å². The average Bonchev–Trinajstić information content (AvgIpc) is 3.01. The van der Waals surface area contributed by atoms with E-state index in [1.54, 1.807) is 0 Å². The van der Waals surface area contributed by atoms with Gasteiger partial charge in [-0.3, -0.25) is 9.59 Å². The summed E-state index contributed by atoms with van der Waals surface area (Å²) in [6.45, 7) is 0. The fourth-order valence-electron chi connectivity index (χ4n) is 2.83. The standard InChI is InChI=1S/C12H18O5/c13-11(14)3-1-2-8(12(15)16)7-4-5-9-10(6-7)17-9/h7-10H,1-6H2,(H,13,14)(H,15,16). The summed E-state index contributed by atoms with van der Waals surface area (Å²) in [7, 11) is 0. The van der Waals surface area contributed by atoms with Crippen LogP contribution < -0.4 is 0 Å². The summed E-state index contributed by atoms with van der Waals surface area (Å²) < 4.78 is 5.39. The van der Waals surface area contributed by atoms with Crippen LogP contribution in [0.4, 0.5) is 0 Å². The van der Waals surface area contributed by atoms with Crippen molar-refractivity contribution in [3.63, 3.8) is 0 Å². The third-order valence-electron chi connectivity index (χ3n) is 3.84. The van der Waals surface area contributed by atoms with Gasteiger partial charge in [-0.25, -0.2) is 0 Å². The molecular weight excluding hydrogens is 224 g/mol. The first-order chi connectivity index (χ1) is 8.08. The highest BCUT2D eigenvalue weighted by atomic mass is 16.6. The third-order valence-corrected chi connectivity index (χ3v) is 3.84. The zero-order valence-electron chi connectivity index (χ0n) is 9.67. The number of carbonyl (C=O) groups is 2. The molecule has 4 unspecified atom stereocenters. The second-order valence-corrected chi connectivity index (χ2v) is 5.02.